The molecule has 5 heteroatoms. The Labute approximate surface area is 213 Å². The molecule has 0 spiro atoms. The molecule has 35 heavy (non-hydrogen) atoms. The number of amides is 1. The van der Waals surface area contributed by atoms with Crippen molar-refractivity contribution in [3.63, 3.8) is 0 Å². The molecule has 1 amide bonds. The monoisotopic (exact) mass is 485 g/mol. The number of rotatable bonds is 11. The highest BCUT2D eigenvalue weighted by Gasteiger charge is 2.18. The number of fused-ring (bicyclic) bond motifs is 2. The maximum absolute atomic E-state index is 12.9. The van der Waals surface area contributed by atoms with Crippen molar-refractivity contribution >= 4 is 29.1 Å². The Morgan fingerprint density at radius 1 is 0.914 bits per heavy atom. The molecule has 0 saturated carbocycles. The van der Waals surface area contributed by atoms with Gasteiger partial charge >= 0.3 is 0 Å². The molecule has 0 bridgehead atoms. The predicted molar refractivity (Wildman–Crippen MR) is 147 cm³/mol. The van der Waals surface area contributed by atoms with Gasteiger partial charge in [0.05, 0.1) is 5.69 Å². The minimum absolute atomic E-state index is 0.0315. The fraction of sp³-hybridized carbons (Fsp3) is 0.333. The summed E-state index contributed by atoms with van der Waals surface area (Å²) in [6.07, 6.45) is 4.16. The molecule has 0 unspecified atom stereocenters. The molecule has 0 atom stereocenters. The predicted octanol–water partition coefficient (Wildman–Crippen LogP) is 7.10. The van der Waals surface area contributed by atoms with E-state index in [9.17, 15) is 4.79 Å². The van der Waals surface area contributed by atoms with Gasteiger partial charge in [0.1, 0.15) is 0 Å². The van der Waals surface area contributed by atoms with Crippen LogP contribution in [0, 0.1) is 0 Å². The molecule has 1 aliphatic rings. The highest BCUT2D eigenvalue weighted by molar-refractivity contribution is 7.99. The highest BCUT2D eigenvalue weighted by Crippen LogP contribution is 2.41. The first-order valence-electron chi connectivity index (χ1n) is 12.7. The van der Waals surface area contributed by atoms with Crippen LogP contribution >= 0.6 is 11.8 Å². The Morgan fingerprint density at radius 2 is 1.69 bits per heavy atom. The molecule has 3 aromatic carbocycles. The van der Waals surface area contributed by atoms with Gasteiger partial charge in [-0.15, -0.1) is 0 Å². The van der Waals surface area contributed by atoms with E-state index >= 15 is 0 Å². The number of carbonyl (C=O) groups is 1. The summed E-state index contributed by atoms with van der Waals surface area (Å²) in [7, 11) is 0. The van der Waals surface area contributed by atoms with E-state index < -0.39 is 0 Å². The van der Waals surface area contributed by atoms with Gasteiger partial charge in [0.25, 0.3) is 5.91 Å². The van der Waals surface area contributed by atoms with Crippen LogP contribution in [0.25, 0.3) is 0 Å². The average Bonchev–Trinajstić information content (AvgIpc) is 3.05. The molecule has 0 aliphatic carbocycles. The number of aliphatic imine (C=N–C) groups is 1. The summed E-state index contributed by atoms with van der Waals surface area (Å²) in [6, 6.07) is 24.9. The topological polar surface area (TPSA) is 44.7 Å². The normalized spacial score (nSPS) is 12.5. The molecule has 1 heterocycles. The fourth-order valence-electron chi connectivity index (χ4n) is 4.32. The summed E-state index contributed by atoms with van der Waals surface area (Å²) in [5.41, 5.74) is 5.14. The zero-order chi connectivity index (χ0) is 24.5. The van der Waals surface area contributed by atoms with Crippen molar-refractivity contribution in [1.82, 2.24) is 10.2 Å². The third kappa shape index (κ3) is 6.83. The van der Waals surface area contributed by atoms with E-state index in [-0.39, 0.29) is 5.91 Å². The highest BCUT2D eigenvalue weighted by atomic mass is 32.2. The first-order chi connectivity index (χ1) is 17.2. The van der Waals surface area contributed by atoms with E-state index in [0.717, 1.165) is 48.8 Å². The van der Waals surface area contributed by atoms with Gasteiger partial charge in [-0.25, -0.2) is 0 Å². The molecule has 0 saturated heterocycles. The lowest BCUT2D eigenvalue weighted by Gasteiger charge is -2.22. The largest absolute Gasteiger partial charge is 0.352 e. The number of hydrogen-bond donors (Lipinski definition) is 1. The first-order valence-corrected chi connectivity index (χ1v) is 13.5. The third-order valence-corrected chi connectivity index (χ3v) is 7.38. The lowest BCUT2D eigenvalue weighted by molar-refractivity contribution is 0.0951. The van der Waals surface area contributed by atoms with Crippen molar-refractivity contribution < 1.29 is 4.79 Å². The SMILES string of the molecule is CCCCN(CCCNC(=O)c1ccc2c(c1)N=C(CC)c1ccccc1S2)Cc1ccccc1. The number of carbonyl (C=O) groups excluding carboxylic acids is 1. The van der Waals surface area contributed by atoms with Gasteiger partial charge in [0.15, 0.2) is 0 Å². The maximum atomic E-state index is 12.9. The zero-order valence-electron chi connectivity index (χ0n) is 20.8. The van der Waals surface area contributed by atoms with E-state index in [2.05, 4.69) is 78.7 Å². The summed E-state index contributed by atoms with van der Waals surface area (Å²) >= 11 is 1.72. The average molecular weight is 486 g/mol. The minimum Gasteiger partial charge on any atom is -0.352 e. The molecule has 3 aromatic rings. The van der Waals surface area contributed by atoms with Gasteiger partial charge in [-0.2, -0.15) is 0 Å². The summed E-state index contributed by atoms with van der Waals surface area (Å²) in [6.45, 7) is 8.03. The fourth-order valence-corrected chi connectivity index (χ4v) is 5.34. The summed E-state index contributed by atoms with van der Waals surface area (Å²) in [5.74, 6) is -0.0315. The standard InChI is InChI=1S/C30H35N3OS/c1-3-5-19-33(22-23-12-7-6-8-13-23)20-11-18-31-30(34)24-16-17-29-27(21-24)32-26(4-2)25-14-9-10-15-28(25)35-29/h6-10,12-17,21H,3-5,11,18-20,22H2,1-2H3,(H,31,34). The summed E-state index contributed by atoms with van der Waals surface area (Å²) in [4.78, 5) is 22.6. The van der Waals surface area contributed by atoms with Crippen LogP contribution in [0.2, 0.25) is 0 Å². The quantitative estimate of drug-likeness (QED) is 0.295. The molecular formula is C30H35N3OS. The smallest absolute Gasteiger partial charge is 0.251 e. The van der Waals surface area contributed by atoms with Crippen molar-refractivity contribution in [2.75, 3.05) is 19.6 Å². The van der Waals surface area contributed by atoms with Crippen molar-refractivity contribution in [3.8, 4) is 0 Å². The lowest BCUT2D eigenvalue weighted by Crippen LogP contribution is -2.30. The molecule has 4 nitrogen and oxygen atoms in total. The maximum Gasteiger partial charge on any atom is 0.251 e. The number of benzene rings is 3. The van der Waals surface area contributed by atoms with Crippen LogP contribution in [0.5, 0.6) is 0 Å². The molecule has 1 N–H and O–H groups in total. The van der Waals surface area contributed by atoms with E-state index in [1.807, 2.05) is 18.2 Å². The molecule has 0 aromatic heterocycles. The van der Waals surface area contributed by atoms with Gasteiger partial charge in [-0.05, 0) is 55.6 Å². The lowest BCUT2D eigenvalue weighted by atomic mass is 10.1. The Balaban J connectivity index is 1.35. The van der Waals surface area contributed by atoms with Gasteiger partial charge in [-0.1, -0.05) is 80.6 Å². The van der Waals surface area contributed by atoms with Gasteiger partial charge < -0.3 is 5.32 Å². The van der Waals surface area contributed by atoms with Crippen molar-refractivity contribution in [1.29, 1.82) is 0 Å². The van der Waals surface area contributed by atoms with Crippen LogP contribution < -0.4 is 5.32 Å². The van der Waals surface area contributed by atoms with E-state index in [1.54, 1.807) is 11.8 Å². The van der Waals surface area contributed by atoms with Crippen LogP contribution in [0.4, 0.5) is 5.69 Å². The van der Waals surface area contributed by atoms with Crippen molar-refractivity contribution in [2.45, 2.75) is 55.9 Å². The Kier molecular flexibility index (Phi) is 9.15. The van der Waals surface area contributed by atoms with Gasteiger partial charge in [0.2, 0.25) is 0 Å². The summed E-state index contributed by atoms with van der Waals surface area (Å²) < 4.78 is 0. The molecule has 0 fully saturated rings. The molecule has 4 rings (SSSR count). The van der Waals surface area contributed by atoms with Crippen LogP contribution in [-0.4, -0.2) is 36.2 Å². The second-order valence-corrected chi connectivity index (χ2v) is 10.0. The number of nitrogens with one attached hydrogen (secondary N) is 1. The van der Waals surface area contributed by atoms with Crippen molar-refractivity contribution in [3.05, 3.63) is 89.5 Å². The first kappa shape index (κ1) is 25.2. The number of nitrogens with zero attached hydrogens (tertiary/aromatic N) is 2. The van der Waals surface area contributed by atoms with Crippen LogP contribution in [-0.2, 0) is 6.54 Å². The molecule has 182 valence electrons. The van der Waals surface area contributed by atoms with E-state index in [0.29, 0.717) is 12.1 Å². The van der Waals surface area contributed by atoms with Gasteiger partial charge in [-0.3, -0.25) is 14.7 Å². The minimum atomic E-state index is -0.0315. The number of hydrogen-bond acceptors (Lipinski definition) is 4. The Morgan fingerprint density at radius 3 is 2.49 bits per heavy atom. The third-order valence-electron chi connectivity index (χ3n) is 6.24. The van der Waals surface area contributed by atoms with E-state index in [4.69, 9.17) is 4.99 Å². The molecule has 0 radical (unpaired) electrons. The molecular weight excluding hydrogens is 450 g/mol. The van der Waals surface area contributed by atoms with Crippen LogP contribution in [0.15, 0.2) is 87.6 Å². The second-order valence-electron chi connectivity index (χ2n) is 8.92. The second kappa shape index (κ2) is 12.7. The summed E-state index contributed by atoms with van der Waals surface area (Å²) in [5, 5.41) is 3.12. The number of unbranched alkanes of at least 4 members (excludes halogenated alkanes) is 1. The van der Waals surface area contributed by atoms with Crippen LogP contribution in [0.1, 0.15) is 61.0 Å². The van der Waals surface area contributed by atoms with Crippen LogP contribution in [0.3, 0.4) is 0 Å². The van der Waals surface area contributed by atoms with Crippen molar-refractivity contribution in [2.24, 2.45) is 4.99 Å². The van der Waals surface area contributed by atoms with Gasteiger partial charge in [0, 0.05) is 46.3 Å². The van der Waals surface area contributed by atoms with E-state index in [1.165, 1.54) is 28.9 Å². The Hall–Kier alpha value is -2.89. The molecule has 1 aliphatic heterocycles. The zero-order valence-corrected chi connectivity index (χ0v) is 21.6. The Bertz CT molecular complexity index is 1160.